The molecule has 1 aromatic rings. The van der Waals surface area contributed by atoms with E-state index in [4.69, 9.17) is 5.21 Å². The van der Waals surface area contributed by atoms with Crippen LogP contribution < -0.4 is 10.9 Å². The normalized spacial score (nSPS) is 17.7. The number of hydrazine groups is 1. The Balaban J connectivity index is 2.16. The number of hydrogen-bond acceptors (Lipinski definition) is 5. The minimum atomic E-state index is -1.12. The summed E-state index contributed by atoms with van der Waals surface area (Å²) in [6, 6.07) is 6.44. The molecule has 0 bridgehead atoms. The van der Waals surface area contributed by atoms with Crippen molar-refractivity contribution in [3.63, 3.8) is 0 Å². The van der Waals surface area contributed by atoms with E-state index in [0.29, 0.717) is 11.4 Å². The average Bonchev–Trinajstić information content (AvgIpc) is 2.93. The Morgan fingerprint density at radius 1 is 1.24 bits per heavy atom. The minimum absolute atomic E-state index is 0.0717. The van der Waals surface area contributed by atoms with Crippen LogP contribution in [0.3, 0.4) is 0 Å². The molecule has 0 saturated carbocycles. The van der Waals surface area contributed by atoms with Crippen molar-refractivity contribution in [3.05, 3.63) is 42.0 Å². The molecule has 3 N–H and O–H groups in total. The number of hydrogen-bond donors (Lipinski definition) is 3. The predicted octanol–water partition coefficient (Wildman–Crippen LogP) is 1.84. The minimum Gasteiger partial charge on any atom is -0.299 e. The number of carbonyl (C=O) groups is 4. The molecule has 0 aliphatic carbocycles. The van der Waals surface area contributed by atoms with Crippen molar-refractivity contribution in [3.8, 4) is 0 Å². The van der Waals surface area contributed by atoms with E-state index in [2.05, 4.69) is 5.43 Å². The summed E-state index contributed by atoms with van der Waals surface area (Å²) < 4.78 is 0. The summed E-state index contributed by atoms with van der Waals surface area (Å²) >= 11 is 0. The monoisotopic (exact) mass is 402 g/mol. The van der Waals surface area contributed by atoms with Gasteiger partial charge in [-0.1, -0.05) is 55.8 Å². The SMILES string of the molecule is CCCCC(=O)NN1C(=O)[C@@H](C)N([C@@H](CC=Cc2ccccc2)C(=O)NO)C1=O. The van der Waals surface area contributed by atoms with Crippen LogP contribution in [0.4, 0.5) is 4.79 Å². The summed E-state index contributed by atoms with van der Waals surface area (Å²) in [6.45, 7) is 3.39. The van der Waals surface area contributed by atoms with Crippen LogP contribution in [0.2, 0.25) is 0 Å². The fourth-order valence-electron chi connectivity index (χ4n) is 3.02. The Kier molecular flexibility index (Phi) is 7.90. The van der Waals surface area contributed by atoms with Crippen LogP contribution in [0.25, 0.3) is 6.08 Å². The van der Waals surface area contributed by atoms with Crippen LogP contribution >= 0.6 is 0 Å². The summed E-state index contributed by atoms with van der Waals surface area (Å²) in [5.74, 6) is -1.91. The van der Waals surface area contributed by atoms with Crippen molar-refractivity contribution in [2.24, 2.45) is 0 Å². The van der Waals surface area contributed by atoms with Gasteiger partial charge in [-0.15, -0.1) is 0 Å². The molecule has 0 aromatic heterocycles. The van der Waals surface area contributed by atoms with Crippen LogP contribution in [0.1, 0.15) is 45.1 Å². The van der Waals surface area contributed by atoms with Crippen molar-refractivity contribution in [2.75, 3.05) is 0 Å². The first-order chi connectivity index (χ1) is 13.9. The van der Waals surface area contributed by atoms with E-state index in [1.165, 1.54) is 6.92 Å². The van der Waals surface area contributed by atoms with E-state index < -0.39 is 35.8 Å². The Bertz CT molecular complexity index is 780. The van der Waals surface area contributed by atoms with Crippen molar-refractivity contribution in [1.82, 2.24) is 20.8 Å². The number of imide groups is 1. The molecule has 1 aliphatic heterocycles. The molecule has 1 aromatic carbocycles. The first-order valence-electron chi connectivity index (χ1n) is 9.52. The molecule has 2 atom stereocenters. The molecule has 2 rings (SSSR count). The molecule has 0 unspecified atom stereocenters. The number of amides is 5. The van der Waals surface area contributed by atoms with Crippen molar-refractivity contribution in [1.29, 1.82) is 0 Å². The Morgan fingerprint density at radius 3 is 2.55 bits per heavy atom. The van der Waals surface area contributed by atoms with Gasteiger partial charge in [-0.05, 0) is 25.3 Å². The van der Waals surface area contributed by atoms with Gasteiger partial charge in [0.05, 0.1) is 0 Å². The fourth-order valence-corrected chi connectivity index (χ4v) is 3.02. The molecule has 9 heteroatoms. The van der Waals surface area contributed by atoms with E-state index in [9.17, 15) is 19.2 Å². The van der Waals surface area contributed by atoms with Gasteiger partial charge in [0.2, 0.25) is 5.91 Å². The van der Waals surface area contributed by atoms with E-state index in [0.717, 1.165) is 16.9 Å². The lowest BCUT2D eigenvalue weighted by Crippen LogP contribution is -2.51. The maximum Gasteiger partial charge on any atom is 0.347 e. The van der Waals surface area contributed by atoms with Crippen LogP contribution in [-0.2, 0) is 14.4 Å². The first-order valence-corrected chi connectivity index (χ1v) is 9.52. The standard InChI is InChI=1S/C20H26N4O5/c1-3-4-13-17(25)21-24-19(27)14(2)23(20(24)28)16(18(26)22-29)12-8-11-15-9-6-5-7-10-15/h5-11,14,16,29H,3-4,12-13H2,1-2H3,(H,21,25)(H,22,26)/t14-,16+/m1/s1. The van der Waals surface area contributed by atoms with Crippen LogP contribution in [-0.4, -0.2) is 51.0 Å². The zero-order valence-corrected chi connectivity index (χ0v) is 16.5. The molecule has 1 heterocycles. The highest BCUT2D eigenvalue weighted by Gasteiger charge is 2.48. The molecule has 0 radical (unpaired) electrons. The summed E-state index contributed by atoms with van der Waals surface area (Å²) in [6.07, 6.45) is 5.13. The molecule has 9 nitrogen and oxygen atoms in total. The summed E-state index contributed by atoms with van der Waals surface area (Å²) in [7, 11) is 0. The van der Waals surface area contributed by atoms with Crippen molar-refractivity contribution in [2.45, 2.75) is 51.6 Å². The maximum absolute atomic E-state index is 12.8. The number of rotatable bonds is 9. The van der Waals surface area contributed by atoms with Crippen LogP contribution in [0, 0.1) is 0 Å². The van der Waals surface area contributed by atoms with Gasteiger partial charge in [0.15, 0.2) is 0 Å². The second kappa shape index (κ2) is 10.4. The summed E-state index contributed by atoms with van der Waals surface area (Å²) in [4.78, 5) is 50.5. The highest BCUT2D eigenvalue weighted by Crippen LogP contribution is 2.22. The lowest BCUT2D eigenvalue weighted by atomic mass is 10.1. The lowest BCUT2D eigenvalue weighted by molar-refractivity contribution is -0.137. The predicted molar refractivity (Wildman–Crippen MR) is 105 cm³/mol. The first kappa shape index (κ1) is 22.1. The van der Waals surface area contributed by atoms with Crippen LogP contribution in [0.15, 0.2) is 36.4 Å². The third-order valence-electron chi connectivity index (χ3n) is 4.62. The Morgan fingerprint density at radius 2 is 1.93 bits per heavy atom. The number of hydroxylamine groups is 1. The number of carbonyl (C=O) groups excluding carboxylic acids is 4. The van der Waals surface area contributed by atoms with Gasteiger partial charge >= 0.3 is 6.03 Å². The Labute approximate surface area is 169 Å². The number of benzene rings is 1. The highest BCUT2D eigenvalue weighted by atomic mass is 16.5. The molecular formula is C20H26N4O5. The molecule has 1 fully saturated rings. The van der Waals surface area contributed by atoms with Gasteiger partial charge < -0.3 is 0 Å². The second-order valence-corrected chi connectivity index (χ2v) is 6.72. The highest BCUT2D eigenvalue weighted by molar-refractivity contribution is 6.06. The maximum atomic E-state index is 12.8. The van der Waals surface area contributed by atoms with Gasteiger partial charge in [-0.3, -0.25) is 29.9 Å². The lowest BCUT2D eigenvalue weighted by Gasteiger charge is -2.27. The molecule has 5 amide bonds. The number of unbranched alkanes of at least 4 members (excludes halogenated alkanes) is 1. The topological polar surface area (TPSA) is 119 Å². The smallest absolute Gasteiger partial charge is 0.299 e. The van der Waals surface area contributed by atoms with Gasteiger partial charge in [-0.25, -0.2) is 10.3 Å². The summed E-state index contributed by atoms with van der Waals surface area (Å²) in [5.41, 5.74) is 4.76. The quantitative estimate of drug-likeness (QED) is 0.331. The van der Waals surface area contributed by atoms with E-state index in [-0.39, 0.29) is 12.8 Å². The zero-order chi connectivity index (χ0) is 21.4. The Hall–Kier alpha value is -3.20. The second-order valence-electron chi connectivity index (χ2n) is 6.72. The molecular weight excluding hydrogens is 376 g/mol. The van der Waals surface area contributed by atoms with Gasteiger partial charge in [-0.2, -0.15) is 5.01 Å². The largest absolute Gasteiger partial charge is 0.347 e. The van der Waals surface area contributed by atoms with Gasteiger partial charge in [0, 0.05) is 6.42 Å². The van der Waals surface area contributed by atoms with E-state index in [1.54, 1.807) is 17.6 Å². The van der Waals surface area contributed by atoms with E-state index >= 15 is 0 Å². The van der Waals surface area contributed by atoms with Crippen LogP contribution in [0.5, 0.6) is 0 Å². The third-order valence-corrected chi connectivity index (χ3v) is 4.62. The van der Waals surface area contributed by atoms with Gasteiger partial charge in [0.1, 0.15) is 12.1 Å². The molecule has 1 saturated heterocycles. The number of nitrogens with zero attached hydrogens (tertiary/aromatic N) is 2. The third kappa shape index (κ3) is 5.41. The molecule has 156 valence electrons. The van der Waals surface area contributed by atoms with Crippen molar-refractivity contribution < 1.29 is 24.4 Å². The van der Waals surface area contributed by atoms with Gasteiger partial charge in [0.25, 0.3) is 11.8 Å². The zero-order valence-electron chi connectivity index (χ0n) is 16.5. The number of urea groups is 1. The fraction of sp³-hybridized carbons (Fsp3) is 0.400. The number of nitrogens with one attached hydrogen (secondary N) is 2. The molecule has 1 aliphatic rings. The van der Waals surface area contributed by atoms with Crippen molar-refractivity contribution >= 4 is 29.8 Å². The molecule has 29 heavy (non-hydrogen) atoms. The average molecular weight is 402 g/mol. The van der Waals surface area contributed by atoms with E-state index in [1.807, 2.05) is 37.3 Å². The summed E-state index contributed by atoms with van der Waals surface area (Å²) in [5, 5.41) is 9.74. The molecule has 0 spiro atoms.